The Morgan fingerprint density at radius 2 is 2.24 bits per heavy atom. The topological polar surface area (TPSA) is 49.3 Å². The second-order valence-electron chi connectivity index (χ2n) is 5.06. The summed E-state index contributed by atoms with van der Waals surface area (Å²) in [5, 5.41) is 12.5. The zero-order valence-corrected chi connectivity index (χ0v) is 10.4. The number of carboxylic acid groups (broad SMARTS) is 1. The summed E-state index contributed by atoms with van der Waals surface area (Å²) in [7, 11) is 0. The maximum Gasteiger partial charge on any atom is 0.307 e. The van der Waals surface area contributed by atoms with E-state index < -0.39 is 5.97 Å². The fourth-order valence-corrected chi connectivity index (χ4v) is 2.35. The number of nitrogens with one attached hydrogen (secondary N) is 1. The number of hydrogen-bond donors (Lipinski definition) is 2. The third-order valence-corrected chi connectivity index (χ3v) is 3.46. The van der Waals surface area contributed by atoms with Crippen molar-refractivity contribution in [1.29, 1.82) is 0 Å². The Morgan fingerprint density at radius 3 is 2.88 bits per heavy atom. The van der Waals surface area contributed by atoms with Crippen LogP contribution in [0.15, 0.2) is 18.2 Å². The maximum atomic E-state index is 11.2. The molecule has 1 atom stereocenters. The highest BCUT2D eigenvalue weighted by molar-refractivity contribution is 5.71. The van der Waals surface area contributed by atoms with Gasteiger partial charge < -0.3 is 10.4 Å². The monoisotopic (exact) mass is 233 g/mol. The Balaban J connectivity index is 2.15. The highest BCUT2D eigenvalue weighted by Crippen LogP contribution is 2.25. The fourth-order valence-electron chi connectivity index (χ4n) is 2.35. The molecule has 0 spiro atoms. The molecule has 3 nitrogen and oxygen atoms in total. The van der Waals surface area contributed by atoms with E-state index in [0.29, 0.717) is 6.42 Å². The minimum atomic E-state index is -0.696. The zero-order chi connectivity index (χ0) is 12.4. The van der Waals surface area contributed by atoms with Crippen LogP contribution in [0.5, 0.6) is 0 Å². The van der Waals surface area contributed by atoms with Crippen LogP contribution in [0.2, 0.25) is 0 Å². The lowest BCUT2D eigenvalue weighted by Gasteiger charge is -2.16. The average Bonchev–Trinajstić information content (AvgIpc) is 2.71. The summed E-state index contributed by atoms with van der Waals surface area (Å²) in [6.45, 7) is 4.92. The minimum absolute atomic E-state index is 0.166. The molecular weight excluding hydrogens is 214 g/mol. The molecule has 1 aromatic rings. The normalized spacial score (nSPS) is 15.5. The van der Waals surface area contributed by atoms with E-state index in [2.05, 4.69) is 17.4 Å². The summed E-state index contributed by atoms with van der Waals surface area (Å²) in [5.74, 6) is -0.820. The summed E-state index contributed by atoms with van der Waals surface area (Å²) in [6.07, 6.45) is 1.67. The van der Waals surface area contributed by atoms with Gasteiger partial charge >= 0.3 is 5.97 Å². The smallest absolute Gasteiger partial charge is 0.307 e. The number of rotatable bonds is 4. The second-order valence-corrected chi connectivity index (χ2v) is 5.06. The molecule has 0 fully saturated rings. The summed E-state index contributed by atoms with van der Waals surface area (Å²) < 4.78 is 0. The van der Waals surface area contributed by atoms with Crippen molar-refractivity contribution >= 4 is 11.7 Å². The van der Waals surface area contributed by atoms with Crippen LogP contribution in [0.3, 0.4) is 0 Å². The Bertz CT molecular complexity index is 426. The molecule has 2 rings (SSSR count). The Hall–Kier alpha value is -1.51. The predicted molar refractivity (Wildman–Crippen MR) is 68.3 cm³/mol. The van der Waals surface area contributed by atoms with Gasteiger partial charge in [0.1, 0.15) is 0 Å². The standard InChI is InChI=1S/C14H19NO2/c1-9(2)12(14(16)17)8-10-3-4-13-11(7-10)5-6-15-13/h3-4,7,9,12,15H,5-6,8H2,1-2H3,(H,16,17). The minimum Gasteiger partial charge on any atom is -0.481 e. The second kappa shape index (κ2) is 4.78. The highest BCUT2D eigenvalue weighted by Gasteiger charge is 2.22. The van der Waals surface area contributed by atoms with Crippen LogP contribution >= 0.6 is 0 Å². The van der Waals surface area contributed by atoms with Crippen molar-refractivity contribution in [3.8, 4) is 0 Å². The largest absolute Gasteiger partial charge is 0.481 e. The van der Waals surface area contributed by atoms with Crippen molar-refractivity contribution in [3.05, 3.63) is 29.3 Å². The molecule has 0 aromatic heterocycles. The van der Waals surface area contributed by atoms with E-state index in [9.17, 15) is 9.90 Å². The number of carbonyl (C=O) groups is 1. The number of anilines is 1. The van der Waals surface area contributed by atoms with E-state index in [1.165, 1.54) is 11.3 Å². The molecule has 0 radical (unpaired) electrons. The summed E-state index contributed by atoms with van der Waals surface area (Å²) in [6, 6.07) is 6.25. The van der Waals surface area contributed by atoms with E-state index in [4.69, 9.17) is 0 Å². The summed E-state index contributed by atoms with van der Waals surface area (Å²) >= 11 is 0. The van der Waals surface area contributed by atoms with Crippen LogP contribution in [0, 0.1) is 11.8 Å². The molecule has 1 aliphatic heterocycles. The van der Waals surface area contributed by atoms with Gasteiger partial charge in [0.2, 0.25) is 0 Å². The molecule has 92 valence electrons. The molecule has 0 bridgehead atoms. The molecule has 2 N–H and O–H groups in total. The van der Waals surface area contributed by atoms with E-state index in [1.807, 2.05) is 19.9 Å². The van der Waals surface area contributed by atoms with Gasteiger partial charge in [0, 0.05) is 12.2 Å². The van der Waals surface area contributed by atoms with Crippen molar-refractivity contribution in [2.75, 3.05) is 11.9 Å². The van der Waals surface area contributed by atoms with E-state index >= 15 is 0 Å². The van der Waals surface area contributed by atoms with Gasteiger partial charge in [-0.15, -0.1) is 0 Å². The molecule has 0 saturated carbocycles. The number of carboxylic acids is 1. The molecule has 1 unspecified atom stereocenters. The third-order valence-electron chi connectivity index (χ3n) is 3.46. The van der Waals surface area contributed by atoms with Gasteiger partial charge in [0.15, 0.2) is 0 Å². The Morgan fingerprint density at radius 1 is 1.47 bits per heavy atom. The molecular formula is C14H19NO2. The van der Waals surface area contributed by atoms with Crippen molar-refractivity contribution < 1.29 is 9.90 Å². The van der Waals surface area contributed by atoms with Gasteiger partial charge in [0.05, 0.1) is 5.92 Å². The average molecular weight is 233 g/mol. The lowest BCUT2D eigenvalue weighted by Crippen LogP contribution is -2.22. The Kier molecular flexibility index (Phi) is 3.36. The third kappa shape index (κ3) is 2.60. The van der Waals surface area contributed by atoms with Gasteiger partial charge in [-0.1, -0.05) is 26.0 Å². The van der Waals surface area contributed by atoms with Crippen LogP contribution in [0.1, 0.15) is 25.0 Å². The quantitative estimate of drug-likeness (QED) is 0.840. The highest BCUT2D eigenvalue weighted by atomic mass is 16.4. The van der Waals surface area contributed by atoms with E-state index in [0.717, 1.165) is 18.5 Å². The fraction of sp³-hybridized carbons (Fsp3) is 0.500. The maximum absolute atomic E-state index is 11.2. The molecule has 0 aliphatic carbocycles. The number of hydrogen-bond acceptors (Lipinski definition) is 2. The number of fused-ring (bicyclic) bond motifs is 1. The number of aliphatic carboxylic acids is 1. The van der Waals surface area contributed by atoms with Crippen molar-refractivity contribution in [2.45, 2.75) is 26.7 Å². The molecule has 0 saturated heterocycles. The summed E-state index contributed by atoms with van der Waals surface area (Å²) in [5.41, 5.74) is 3.65. The zero-order valence-electron chi connectivity index (χ0n) is 10.4. The van der Waals surface area contributed by atoms with E-state index in [1.54, 1.807) is 0 Å². The lowest BCUT2D eigenvalue weighted by molar-refractivity contribution is -0.143. The lowest BCUT2D eigenvalue weighted by atomic mass is 9.89. The SMILES string of the molecule is CC(C)C(Cc1ccc2c(c1)CCN2)C(=O)O. The molecule has 1 aliphatic rings. The van der Waals surface area contributed by atoms with Crippen LogP contribution in [-0.2, 0) is 17.6 Å². The Labute approximate surface area is 102 Å². The molecule has 1 heterocycles. The number of benzene rings is 1. The van der Waals surface area contributed by atoms with Crippen molar-refractivity contribution in [3.63, 3.8) is 0 Å². The first-order chi connectivity index (χ1) is 8.08. The first-order valence-electron chi connectivity index (χ1n) is 6.16. The first kappa shape index (κ1) is 12.0. The van der Waals surface area contributed by atoms with Crippen LogP contribution in [-0.4, -0.2) is 17.6 Å². The van der Waals surface area contributed by atoms with Gasteiger partial charge in [0.25, 0.3) is 0 Å². The van der Waals surface area contributed by atoms with Crippen molar-refractivity contribution in [2.24, 2.45) is 11.8 Å². The predicted octanol–water partition coefficient (Wildman–Crippen LogP) is 2.55. The van der Waals surface area contributed by atoms with Gasteiger partial charge in [-0.05, 0) is 36.0 Å². The van der Waals surface area contributed by atoms with Gasteiger partial charge in [-0.3, -0.25) is 4.79 Å². The van der Waals surface area contributed by atoms with Crippen LogP contribution in [0.25, 0.3) is 0 Å². The van der Waals surface area contributed by atoms with Crippen LogP contribution in [0.4, 0.5) is 5.69 Å². The molecule has 1 aromatic carbocycles. The summed E-state index contributed by atoms with van der Waals surface area (Å²) in [4.78, 5) is 11.2. The van der Waals surface area contributed by atoms with E-state index in [-0.39, 0.29) is 11.8 Å². The van der Waals surface area contributed by atoms with Crippen LogP contribution < -0.4 is 5.32 Å². The first-order valence-corrected chi connectivity index (χ1v) is 6.16. The van der Waals surface area contributed by atoms with Gasteiger partial charge in [-0.2, -0.15) is 0 Å². The van der Waals surface area contributed by atoms with Crippen molar-refractivity contribution in [1.82, 2.24) is 0 Å². The molecule has 0 amide bonds. The molecule has 3 heteroatoms. The van der Waals surface area contributed by atoms with Gasteiger partial charge in [-0.25, -0.2) is 0 Å². The molecule has 17 heavy (non-hydrogen) atoms.